The van der Waals surface area contributed by atoms with Crippen molar-refractivity contribution in [2.75, 3.05) is 0 Å². The minimum Gasteiger partial charge on any atom is -0.490 e. The van der Waals surface area contributed by atoms with Crippen LogP contribution in [-0.2, 0) is 0 Å². The van der Waals surface area contributed by atoms with Gasteiger partial charge in [0.25, 0.3) is 0 Å². The molecule has 0 saturated heterocycles. The molecule has 0 spiro atoms. The fraction of sp³-hybridized carbons (Fsp3) is 0.364. The van der Waals surface area contributed by atoms with E-state index in [2.05, 4.69) is 0 Å². The molecule has 1 N–H and O–H groups in total. The van der Waals surface area contributed by atoms with E-state index in [0.29, 0.717) is 17.4 Å². The molecule has 0 atom stereocenters. The van der Waals surface area contributed by atoms with E-state index < -0.39 is 5.97 Å². The minimum atomic E-state index is -0.908. The third-order valence-electron chi connectivity index (χ3n) is 2.12. The van der Waals surface area contributed by atoms with E-state index in [1.165, 1.54) is 0 Å². The SMILES string of the molecule is Cc1cc(OC2CC2)cc(C(=O)O)c1. The largest absolute Gasteiger partial charge is 0.490 e. The third-order valence-corrected chi connectivity index (χ3v) is 2.12. The molecular weight excluding hydrogens is 180 g/mol. The summed E-state index contributed by atoms with van der Waals surface area (Å²) >= 11 is 0. The van der Waals surface area contributed by atoms with Gasteiger partial charge in [-0.25, -0.2) is 4.79 Å². The zero-order chi connectivity index (χ0) is 10.1. The van der Waals surface area contributed by atoms with Crippen LogP contribution < -0.4 is 4.74 Å². The van der Waals surface area contributed by atoms with Crippen LogP contribution in [0, 0.1) is 6.92 Å². The number of benzene rings is 1. The summed E-state index contributed by atoms with van der Waals surface area (Å²) in [5, 5.41) is 8.83. The molecule has 3 nitrogen and oxygen atoms in total. The van der Waals surface area contributed by atoms with Crippen molar-refractivity contribution in [2.45, 2.75) is 25.9 Å². The lowest BCUT2D eigenvalue weighted by Crippen LogP contribution is -2.01. The molecule has 2 rings (SSSR count). The summed E-state index contributed by atoms with van der Waals surface area (Å²) in [6.45, 7) is 1.87. The number of hydrogen-bond donors (Lipinski definition) is 1. The number of hydrogen-bond acceptors (Lipinski definition) is 2. The van der Waals surface area contributed by atoms with Crippen molar-refractivity contribution in [3.8, 4) is 5.75 Å². The Kier molecular flexibility index (Phi) is 2.15. The van der Waals surface area contributed by atoms with Crippen LogP contribution in [0.4, 0.5) is 0 Å². The van der Waals surface area contributed by atoms with Crippen LogP contribution in [0.15, 0.2) is 18.2 Å². The zero-order valence-electron chi connectivity index (χ0n) is 7.99. The second-order valence-corrected chi connectivity index (χ2v) is 3.66. The van der Waals surface area contributed by atoms with Gasteiger partial charge < -0.3 is 9.84 Å². The van der Waals surface area contributed by atoms with E-state index in [1.54, 1.807) is 12.1 Å². The number of aryl methyl sites for hydroxylation is 1. The van der Waals surface area contributed by atoms with Gasteiger partial charge in [-0.2, -0.15) is 0 Å². The maximum Gasteiger partial charge on any atom is 0.335 e. The molecule has 1 fully saturated rings. The lowest BCUT2D eigenvalue weighted by atomic mass is 10.1. The van der Waals surface area contributed by atoms with Crippen LogP contribution in [0.25, 0.3) is 0 Å². The first-order chi connectivity index (χ1) is 6.65. The summed E-state index contributed by atoms with van der Waals surface area (Å²) < 4.78 is 5.53. The minimum absolute atomic E-state index is 0.292. The second-order valence-electron chi connectivity index (χ2n) is 3.66. The van der Waals surface area contributed by atoms with Gasteiger partial charge in [-0.3, -0.25) is 0 Å². The first-order valence-corrected chi connectivity index (χ1v) is 4.67. The highest BCUT2D eigenvalue weighted by Crippen LogP contribution is 2.27. The topological polar surface area (TPSA) is 46.5 Å². The number of ether oxygens (including phenoxy) is 1. The van der Waals surface area contributed by atoms with Gasteiger partial charge in [0.05, 0.1) is 11.7 Å². The van der Waals surface area contributed by atoms with Gasteiger partial charge in [-0.15, -0.1) is 0 Å². The lowest BCUT2D eigenvalue weighted by Gasteiger charge is -2.06. The Hall–Kier alpha value is -1.51. The molecule has 0 amide bonds. The van der Waals surface area contributed by atoms with Crippen molar-refractivity contribution < 1.29 is 14.6 Å². The second kappa shape index (κ2) is 3.33. The monoisotopic (exact) mass is 192 g/mol. The highest BCUT2D eigenvalue weighted by molar-refractivity contribution is 5.88. The van der Waals surface area contributed by atoms with Crippen molar-refractivity contribution in [3.63, 3.8) is 0 Å². The molecule has 74 valence electrons. The average molecular weight is 192 g/mol. The maximum atomic E-state index is 10.8. The Morgan fingerprint density at radius 3 is 2.71 bits per heavy atom. The zero-order valence-corrected chi connectivity index (χ0v) is 7.99. The Morgan fingerprint density at radius 2 is 2.14 bits per heavy atom. The van der Waals surface area contributed by atoms with Crippen molar-refractivity contribution in [2.24, 2.45) is 0 Å². The normalized spacial score (nSPS) is 15.2. The molecule has 14 heavy (non-hydrogen) atoms. The van der Waals surface area contributed by atoms with Crippen LogP contribution >= 0.6 is 0 Å². The average Bonchev–Trinajstić information content (AvgIpc) is 2.87. The van der Waals surface area contributed by atoms with E-state index in [-0.39, 0.29) is 0 Å². The predicted octanol–water partition coefficient (Wildman–Crippen LogP) is 2.23. The van der Waals surface area contributed by atoms with Crippen LogP contribution in [-0.4, -0.2) is 17.2 Å². The van der Waals surface area contributed by atoms with Gasteiger partial charge in [0.2, 0.25) is 0 Å². The Morgan fingerprint density at radius 1 is 1.43 bits per heavy atom. The molecule has 1 saturated carbocycles. The summed E-state index contributed by atoms with van der Waals surface area (Å²) in [6.07, 6.45) is 2.46. The fourth-order valence-electron chi connectivity index (χ4n) is 1.32. The van der Waals surface area contributed by atoms with Gasteiger partial charge in [0.15, 0.2) is 0 Å². The van der Waals surface area contributed by atoms with Crippen molar-refractivity contribution >= 4 is 5.97 Å². The van der Waals surface area contributed by atoms with Crippen LogP contribution in [0.1, 0.15) is 28.8 Å². The van der Waals surface area contributed by atoms with E-state index in [4.69, 9.17) is 9.84 Å². The van der Waals surface area contributed by atoms with Crippen LogP contribution in [0.5, 0.6) is 5.75 Å². The van der Waals surface area contributed by atoms with Crippen molar-refractivity contribution in [1.29, 1.82) is 0 Å². The third kappa shape index (κ3) is 2.05. The molecule has 1 aliphatic rings. The summed E-state index contributed by atoms with van der Waals surface area (Å²) in [5.74, 6) is -0.237. The molecule has 0 heterocycles. The molecule has 0 aromatic heterocycles. The summed E-state index contributed by atoms with van der Waals surface area (Å²) in [5.41, 5.74) is 1.21. The van der Waals surface area contributed by atoms with Gasteiger partial charge in [0, 0.05) is 0 Å². The Balaban J connectivity index is 2.25. The predicted molar refractivity (Wildman–Crippen MR) is 51.8 cm³/mol. The smallest absolute Gasteiger partial charge is 0.335 e. The first-order valence-electron chi connectivity index (χ1n) is 4.67. The molecule has 0 bridgehead atoms. The summed E-state index contributed by atoms with van der Waals surface area (Å²) in [4.78, 5) is 10.8. The van der Waals surface area contributed by atoms with Gasteiger partial charge in [-0.1, -0.05) is 0 Å². The molecule has 0 radical (unpaired) electrons. The van der Waals surface area contributed by atoms with Crippen molar-refractivity contribution in [3.05, 3.63) is 29.3 Å². The molecule has 0 unspecified atom stereocenters. The summed E-state index contributed by atoms with van der Waals surface area (Å²) in [7, 11) is 0. The van der Waals surface area contributed by atoms with Crippen molar-refractivity contribution in [1.82, 2.24) is 0 Å². The van der Waals surface area contributed by atoms with Crippen LogP contribution in [0.3, 0.4) is 0 Å². The molecule has 0 aliphatic heterocycles. The fourth-order valence-corrected chi connectivity index (χ4v) is 1.32. The highest BCUT2D eigenvalue weighted by atomic mass is 16.5. The first kappa shape index (κ1) is 9.06. The molecule has 3 heteroatoms. The lowest BCUT2D eigenvalue weighted by molar-refractivity contribution is 0.0696. The summed E-state index contributed by atoms with van der Waals surface area (Å²) in [6, 6.07) is 5.08. The molecular formula is C11H12O3. The van der Waals surface area contributed by atoms with Gasteiger partial charge in [0.1, 0.15) is 5.75 Å². The molecule has 1 aromatic carbocycles. The van der Waals surface area contributed by atoms with Crippen LogP contribution in [0.2, 0.25) is 0 Å². The number of carbonyl (C=O) groups is 1. The molecule has 1 aromatic rings. The Bertz CT molecular complexity index is 367. The number of carboxylic acids is 1. The molecule has 1 aliphatic carbocycles. The number of rotatable bonds is 3. The van der Waals surface area contributed by atoms with E-state index >= 15 is 0 Å². The highest BCUT2D eigenvalue weighted by Gasteiger charge is 2.23. The number of carboxylic acid groups (broad SMARTS) is 1. The standard InChI is InChI=1S/C11H12O3/c1-7-4-8(11(12)13)6-10(5-7)14-9-2-3-9/h4-6,9H,2-3H2,1H3,(H,12,13). The van der Waals surface area contributed by atoms with Gasteiger partial charge >= 0.3 is 5.97 Å². The van der Waals surface area contributed by atoms with E-state index in [0.717, 1.165) is 18.4 Å². The number of aromatic carboxylic acids is 1. The van der Waals surface area contributed by atoms with E-state index in [9.17, 15) is 4.79 Å². The quantitative estimate of drug-likeness (QED) is 0.798. The Labute approximate surface area is 82.3 Å². The van der Waals surface area contributed by atoms with E-state index in [1.807, 2.05) is 13.0 Å². The maximum absolute atomic E-state index is 10.8. The van der Waals surface area contributed by atoms with Gasteiger partial charge in [-0.05, 0) is 43.5 Å².